The third-order valence-corrected chi connectivity index (χ3v) is 8.40. The van der Waals surface area contributed by atoms with Crippen LogP contribution in [0.25, 0.3) is 88.8 Å². The summed E-state index contributed by atoms with van der Waals surface area (Å²) in [5.41, 5.74) is 10.7. The van der Waals surface area contributed by atoms with Gasteiger partial charge >= 0.3 is 0 Å². The highest BCUT2D eigenvalue weighted by molar-refractivity contribution is 6.34. The van der Waals surface area contributed by atoms with Crippen molar-refractivity contribution in [3.63, 3.8) is 0 Å². The Labute approximate surface area is 244 Å². The maximum atomic E-state index is 6.54. The highest BCUT2D eigenvalue weighted by Gasteiger charge is 2.21. The maximum Gasteiger partial charge on any atom is 0.227 e. The van der Waals surface area contributed by atoms with E-state index in [1.165, 1.54) is 43.8 Å². The van der Waals surface area contributed by atoms with Crippen LogP contribution in [0, 0.1) is 0 Å². The van der Waals surface area contributed by atoms with E-state index in [1.54, 1.807) is 0 Å². The van der Waals surface area contributed by atoms with Crippen molar-refractivity contribution in [3.05, 3.63) is 140 Å². The molecule has 1 heterocycles. The molecule has 0 aliphatic rings. The summed E-state index contributed by atoms with van der Waals surface area (Å²) < 4.78 is 6.54. The van der Waals surface area contributed by atoms with Crippen LogP contribution in [0.2, 0.25) is 0 Å². The summed E-state index contributed by atoms with van der Waals surface area (Å²) in [5, 5.41) is 7.02. The van der Waals surface area contributed by atoms with Crippen LogP contribution in [0.1, 0.15) is 18.1 Å². The lowest BCUT2D eigenvalue weighted by Crippen LogP contribution is -1.91. The molecule has 198 valence electrons. The molecule has 0 saturated heterocycles. The van der Waals surface area contributed by atoms with E-state index in [1.807, 2.05) is 31.2 Å². The largest absolute Gasteiger partial charge is 0.435 e. The van der Waals surface area contributed by atoms with Gasteiger partial charge in [0.1, 0.15) is 5.52 Å². The van der Waals surface area contributed by atoms with Crippen LogP contribution >= 0.6 is 0 Å². The molecule has 0 amide bonds. The van der Waals surface area contributed by atoms with Gasteiger partial charge in [0.15, 0.2) is 5.58 Å². The second-order valence-corrected chi connectivity index (χ2v) is 11.0. The van der Waals surface area contributed by atoms with E-state index in [-0.39, 0.29) is 0 Å². The predicted molar refractivity (Wildman–Crippen MR) is 179 cm³/mol. The van der Waals surface area contributed by atoms with Gasteiger partial charge in [-0.15, -0.1) is 0 Å². The van der Waals surface area contributed by atoms with Crippen molar-refractivity contribution in [2.45, 2.75) is 6.92 Å². The smallest absolute Gasteiger partial charge is 0.227 e. The van der Waals surface area contributed by atoms with E-state index in [0.717, 1.165) is 44.1 Å². The zero-order valence-corrected chi connectivity index (χ0v) is 23.3. The summed E-state index contributed by atoms with van der Waals surface area (Å²) in [7, 11) is 0. The molecule has 42 heavy (non-hydrogen) atoms. The highest BCUT2D eigenvalue weighted by atomic mass is 16.3. The van der Waals surface area contributed by atoms with E-state index >= 15 is 0 Å². The Bertz CT molecular complexity index is 2340. The SMILES string of the molecule is C=Cc1cccc(-c2nc3c4cccc5c(-c6ccccc6-c6ccc(C(=C)C)cc6)cc6cccc(c3o2)c6c54)c1. The molecular formula is C40H27NO. The Morgan fingerprint density at radius 3 is 2.21 bits per heavy atom. The molecule has 0 bridgehead atoms. The zero-order chi connectivity index (χ0) is 28.4. The first-order valence-corrected chi connectivity index (χ1v) is 14.2. The molecule has 2 heteroatoms. The van der Waals surface area contributed by atoms with E-state index in [0.29, 0.717) is 5.89 Å². The molecule has 7 aromatic carbocycles. The first-order chi connectivity index (χ1) is 20.6. The van der Waals surface area contributed by atoms with Crippen molar-refractivity contribution in [1.29, 1.82) is 0 Å². The van der Waals surface area contributed by atoms with Gasteiger partial charge in [0.2, 0.25) is 5.89 Å². The monoisotopic (exact) mass is 537 g/mol. The number of fused-ring (bicyclic) bond motifs is 3. The topological polar surface area (TPSA) is 26.0 Å². The summed E-state index contributed by atoms with van der Waals surface area (Å²) in [4.78, 5) is 5.09. The number of oxazole rings is 1. The lowest BCUT2D eigenvalue weighted by Gasteiger charge is -2.17. The molecule has 1 aromatic heterocycles. The summed E-state index contributed by atoms with van der Waals surface area (Å²) in [6.45, 7) is 10.1. The van der Waals surface area contributed by atoms with Crippen molar-refractivity contribution in [2.24, 2.45) is 0 Å². The minimum Gasteiger partial charge on any atom is -0.435 e. The molecule has 0 fully saturated rings. The fraction of sp³-hybridized carbons (Fsp3) is 0.0250. The van der Waals surface area contributed by atoms with Gasteiger partial charge in [0.05, 0.1) is 0 Å². The standard InChI is InChI=1S/C40H27NO/c1-4-25-10-7-12-29(22-25)40-41-38-33-16-9-15-32-35(23-28-11-8-17-34(39(38)42-40)36(28)37(32)33)31-14-6-5-13-30(31)27-20-18-26(19-21-27)24(2)3/h4-23H,1-2H2,3H3. The number of aromatic nitrogens is 1. The second kappa shape index (κ2) is 9.29. The van der Waals surface area contributed by atoms with Gasteiger partial charge in [-0.2, -0.15) is 0 Å². The van der Waals surface area contributed by atoms with Gasteiger partial charge in [-0.3, -0.25) is 0 Å². The first-order valence-electron chi connectivity index (χ1n) is 14.2. The summed E-state index contributed by atoms with van der Waals surface area (Å²) >= 11 is 0. The Balaban J connectivity index is 1.43. The second-order valence-electron chi connectivity index (χ2n) is 11.0. The van der Waals surface area contributed by atoms with Crippen LogP contribution < -0.4 is 0 Å². The minimum atomic E-state index is 0.620. The predicted octanol–water partition coefficient (Wildman–Crippen LogP) is 11.4. The van der Waals surface area contributed by atoms with Crippen molar-refractivity contribution in [1.82, 2.24) is 4.98 Å². The van der Waals surface area contributed by atoms with Gasteiger partial charge in [-0.25, -0.2) is 4.98 Å². The average molecular weight is 538 g/mol. The zero-order valence-electron chi connectivity index (χ0n) is 23.3. The van der Waals surface area contributed by atoms with Crippen LogP contribution in [-0.2, 0) is 0 Å². The van der Waals surface area contributed by atoms with Crippen LogP contribution in [0.3, 0.4) is 0 Å². The number of rotatable bonds is 5. The Hall–Kier alpha value is -5.47. The van der Waals surface area contributed by atoms with Crippen molar-refractivity contribution in [3.8, 4) is 33.7 Å². The number of hydrogen-bond acceptors (Lipinski definition) is 2. The quantitative estimate of drug-likeness (QED) is 0.204. The summed E-state index contributed by atoms with van der Waals surface area (Å²) in [5.74, 6) is 0.620. The number of allylic oxidation sites excluding steroid dienone is 1. The molecule has 0 aliphatic carbocycles. The molecule has 0 radical (unpaired) electrons. The van der Waals surface area contributed by atoms with Gasteiger partial charge < -0.3 is 4.42 Å². The molecule has 0 spiro atoms. The summed E-state index contributed by atoms with van der Waals surface area (Å²) in [6, 6.07) is 40.9. The molecule has 8 aromatic rings. The van der Waals surface area contributed by atoms with E-state index in [2.05, 4.69) is 110 Å². The number of benzene rings is 7. The van der Waals surface area contributed by atoms with Crippen LogP contribution in [0.15, 0.2) is 133 Å². The lowest BCUT2D eigenvalue weighted by molar-refractivity contribution is 0.623. The van der Waals surface area contributed by atoms with Crippen LogP contribution in [-0.4, -0.2) is 4.98 Å². The van der Waals surface area contributed by atoms with Crippen LogP contribution in [0.4, 0.5) is 0 Å². The highest BCUT2D eigenvalue weighted by Crippen LogP contribution is 2.46. The maximum absolute atomic E-state index is 6.54. The third kappa shape index (κ3) is 3.62. The van der Waals surface area contributed by atoms with Crippen molar-refractivity contribution >= 4 is 55.1 Å². The molecule has 0 N–H and O–H groups in total. The van der Waals surface area contributed by atoms with Crippen LogP contribution in [0.5, 0.6) is 0 Å². The van der Waals surface area contributed by atoms with E-state index in [9.17, 15) is 0 Å². The van der Waals surface area contributed by atoms with Crippen molar-refractivity contribution in [2.75, 3.05) is 0 Å². The fourth-order valence-corrected chi connectivity index (χ4v) is 6.37. The Morgan fingerprint density at radius 2 is 1.40 bits per heavy atom. The lowest BCUT2D eigenvalue weighted by atomic mass is 9.86. The minimum absolute atomic E-state index is 0.620. The Kier molecular flexibility index (Phi) is 5.38. The van der Waals surface area contributed by atoms with Crippen molar-refractivity contribution < 1.29 is 4.42 Å². The van der Waals surface area contributed by atoms with E-state index < -0.39 is 0 Å². The normalized spacial score (nSPS) is 11.6. The van der Waals surface area contributed by atoms with Gasteiger partial charge in [0.25, 0.3) is 0 Å². The number of hydrogen-bond donors (Lipinski definition) is 0. The fourth-order valence-electron chi connectivity index (χ4n) is 6.37. The van der Waals surface area contributed by atoms with Gasteiger partial charge in [-0.1, -0.05) is 122 Å². The Morgan fingerprint density at radius 1 is 0.667 bits per heavy atom. The molecule has 2 nitrogen and oxygen atoms in total. The molecule has 0 aliphatic heterocycles. The first kappa shape index (κ1) is 24.3. The van der Waals surface area contributed by atoms with Gasteiger partial charge in [0, 0.05) is 27.1 Å². The average Bonchev–Trinajstić information content (AvgIpc) is 3.50. The molecule has 0 saturated carbocycles. The number of nitrogens with zero attached hydrogens (tertiary/aromatic N) is 1. The van der Waals surface area contributed by atoms with E-state index in [4.69, 9.17) is 9.40 Å². The van der Waals surface area contributed by atoms with Gasteiger partial charge in [-0.05, 0) is 69.3 Å². The summed E-state index contributed by atoms with van der Waals surface area (Å²) in [6.07, 6.45) is 1.85. The molecule has 0 atom stereocenters. The molecule has 8 rings (SSSR count). The third-order valence-electron chi connectivity index (χ3n) is 8.40. The molecular weight excluding hydrogens is 510 g/mol. The molecule has 0 unspecified atom stereocenters.